The van der Waals surface area contributed by atoms with Crippen LogP contribution in [0.4, 0.5) is 4.39 Å². The molecule has 2 nitrogen and oxygen atoms in total. The fraction of sp³-hybridized carbons (Fsp3) is 0.364. The maximum atomic E-state index is 13.1. The number of benzene rings is 1. The monoisotopic (exact) mass is 195 g/mol. The Balaban J connectivity index is 2.56. The highest BCUT2D eigenvalue weighted by Crippen LogP contribution is 2.05. The first-order chi connectivity index (χ1) is 6.75. The van der Waals surface area contributed by atoms with Crippen LogP contribution in [0.15, 0.2) is 24.3 Å². The van der Waals surface area contributed by atoms with E-state index in [1.165, 1.54) is 12.1 Å². The van der Waals surface area contributed by atoms with E-state index in [1.54, 1.807) is 12.1 Å². The molecular weight excluding hydrogens is 181 g/mol. The predicted octanol–water partition coefficient (Wildman–Crippen LogP) is 2.36. The first kappa shape index (κ1) is 10.7. The first-order valence-electron chi connectivity index (χ1n) is 4.78. The van der Waals surface area contributed by atoms with Gasteiger partial charge in [-0.2, -0.15) is 0 Å². The third-order valence-corrected chi connectivity index (χ3v) is 1.93. The molecule has 0 aliphatic carbocycles. The molecule has 3 heteroatoms. The number of rotatable bonds is 4. The van der Waals surface area contributed by atoms with Crippen molar-refractivity contribution >= 4 is 5.91 Å². The minimum absolute atomic E-state index is 0.114. The van der Waals surface area contributed by atoms with Gasteiger partial charge < -0.3 is 5.32 Å². The Kier molecular flexibility index (Phi) is 4.11. The minimum Gasteiger partial charge on any atom is -0.352 e. The lowest BCUT2D eigenvalue weighted by atomic mass is 10.2. The summed E-state index contributed by atoms with van der Waals surface area (Å²) in [4.78, 5) is 11.4. The molecule has 1 aromatic carbocycles. The van der Waals surface area contributed by atoms with Crippen LogP contribution in [0.25, 0.3) is 0 Å². The highest BCUT2D eigenvalue weighted by atomic mass is 19.1. The lowest BCUT2D eigenvalue weighted by Gasteiger charge is -2.04. The quantitative estimate of drug-likeness (QED) is 0.734. The molecule has 0 spiro atoms. The van der Waals surface area contributed by atoms with Gasteiger partial charge in [-0.25, -0.2) is 4.39 Å². The zero-order valence-corrected chi connectivity index (χ0v) is 8.22. The normalized spacial score (nSPS) is 9.86. The van der Waals surface area contributed by atoms with Crippen LogP contribution >= 0.6 is 0 Å². The van der Waals surface area contributed by atoms with Crippen LogP contribution in [0.1, 0.15) is 30.1 Å². The second-order valence-electron chi connectivity index (χ2n) is 3.09. The van der Waals surface area contributed by atoms with E-state index in [9.17, 15) is 9.18 Å². The molecule has 0 radical (unpaired) electrons. The summed E-state index contributed by atoms with van der Waals surface area (Å²) >= 11 is 0. The Bertz CT molecular complexity index is 312. The molecule has 1 N–H and O–H groups in total. The zero-order chi connectivity index (χ0) is 10.4. The number of carbonyl (C=O) groups excluding carboxylic acids is 1. The smallest absolute Gasteiger partial charge is 0.254 e. The molecule has 0 fully saturated rings. The highest BCUT2D eigenvalue weighted by Gasteiger charge is 2.08. The van der Waals surface area contributed by atoms with Gasteiger partial charge in [-0.05, 0) is 18.6 Å². The summed E-state index contributed by atoms with van der Waals surface area (Å²) in [5.74, 6) is -0.807. The van der Waals surface area contributed by atoms with Crippen LogP contribution in [0.2, 0.25) is 0 Å². The van der Waals surface area contributed by atoms with E-state index in [1.807, 2.05) is 6.92 Å². The van der Waals surface area contributed by atoms with Gasteiger partial charge in [0.25, 0.3) is 5.91 Å². The van der Waals surface area contributed by atoms with Gasteiger partial charge in [0.2, 0.25) is 0 Å². The van der Waals surface area contributed by atoms with Crippen molar-refractivity contribution in [3.8, 4) is 0 Å². The third-order valence-electron chi connectivity index (χ3n) is 1.93. The zero-order valence-electron chi connectivity index (χ0n) is 8.22. The van der Waals surface area contributed by atoms with Crippen molar-refractivity contribution in [2.24, 2.45) is 0 Å². The fourth-order valence-electron chi connectivity index (χ4n) is 1.12. The molecule has 14 heavy (non-hydrogen) atoms. The molecule has 0 saturated carbocycles. The molecule has 0 unspecified atom stereocenters. The van der Waals surface area contributed by atoms with Gasteiger partial charge in [-0.15, -0.1) is 0 Å². The van der Waals surface area contributed by atoms with E-state index in [0.717, 1.165) is 12.8 Å². The van der Waals surface area contributed by atoms with Crippen molar-refractivity contribution in [2.45, 2.75) is 19.8 Å². The summed E-state index contributed by atoms with van der Waals surface area (Å²) < 4.78 is 13.1. The van der Waals surface area contributed by atoms with Gasteiger partial charge in [0.05, 0.1) is 5.56 Å². The van der Waals surface area contributed by atoms with Crippen LogP contribution in [-0.2, 0) is 0 Å². The maximum absolute atomic E-state index is 13.1. The van der Waals surface area contributed by atoms with E-state index in [-0.39, 0.29) is 11.5 Å². The highest BCUT2D eigenvalue weighted by molar-refractivity contribution is 5.94. The van der Waals surface area contributed by atoms with Gasteiger partial charge in [0.1, 0.15) is 5.82 Å². The second kappa shape index (κ2) is 5.37. The SMILES string of the molecule is CCCCNC(=O)c1ccccc1F. The van der Waals surface area contributed by atoms with Crippen molar-refractivity contribution in [1.29, 1.82) is 0 Å². The third kappa shape index (κ3) is 2.83. The Labute approximate surface area is 83.1 Å². The minimum atomic E-state index is -0.471. The Morgan fingerprint density at radius 1 is 1.43 bits per heavy atom. The molecule has 0 heterocycles. The number of hydrogen-bond donors (Lipinski definition) is 1. The fourth-order valence-corrected chi connectivity index (χ4v) is 1.12. The Morgan fingerprint density at radius 2 is 2.14 bits per heavy atom. The summed E-state index contributed by atoms with van der Waals surface area (Å²) in [7, 11) is 0. The van der Waals surface area contributed by atoms with Crippen LogP contribution in [0.3, 0.4) is 0 Å². The Morgan fingerprint density at radius 3 is 2.79 bits per heavy atom. The van der Waals surface area contributed by atoms with E-state index in [0.29, 0.717) is 6.54 Å². The van der Waals surface area contributed by atoms with Crippen molar-refractivity contribution in [1.82, 2.24) is 5.32 Å². The van der Waals surface area contributed by atoms with E-state index in [2.05, 4.69) is 5.32 Å². The summed E-state index contributed by atoms with van der Waals surface area (Å²) in [5, 5.41) is 2.66. The number of hydrogen-bond acceptors (Lipinski definition) is 1. The molecule has 0 atom stereocenters. The van der Waals surface area contributed by atoms with Crippen molar-refractivity contribution < 1.29 is 9.18 Å². The molecule has 0 aliphatic heterocycles. The predicted molar refractivity (Wildman–Crippen MR) is 53.6 cm³/mol. The lowest BCUT2D eigenvalue weighted by Crippen LogP contribution is -2.25. The lowest BCUT2D eigenvalue weighted by molar-refractivity contribution is 0.0949. The van der Waals surface area contributed by atoms with E-state index in [4.69, 9.17) is 0 Å². The molecule has 0 aromatic heterocycles. The second-order valence-corrected chi connectivity index (χ2v) is 3.09. The first-order valence-corrected chi connectivity index (χ1v) is 4.78. The number of unbranched alkanes of at least 4 members (excludes halogenated alkanes) is 1. The topological polar surface area (TPSA) is 29.1 Å². The Hall–Kier alpha value is -1.38. The molecule has 0 aliphatic rings. The van der Waals surface area contributed by atoms with Gasteiger partial charge in [-0.3, -0.25) is 4.79 Å². The van der Waals surface area contributed by atoms with E-state index >= 15 is 0 Å². The van der Waals surface area contributed by atoms with Crippen molar-refractivity contribution in [3.05, 3.63) is 35.6 Å². The van der Waals surface area contributed by atoms with Crippen molar-refractivity contribution in [3.63, 3.8) is 0 Å². The maximum Gasteiger partial charge on any atom is 0.254 e. The molecule has 1 aromatic rings. The van der Waals surface area contributed by atoms with Gasteiger partial charge in [-0.1, -0.05) is 25.5 Å². The van der Waals surface area contributed by atoms with Gasteiger partial charge >= 0.3 is 0 Å². The summed E-state index contributed by atoms with van der Waals surface area (Å²) in [5.41, 5.74) is 0.114. The van der Waals surface area contributed by atoms with Crippen LogP contribution < -0.4 is 5.32 Å². The summed E-state index contributed by atoms with van der Waals surface area (Å²) in [6.07, 6.45) is 1.93. The standard InChI is InChI=1S/C11H14FNO/c1-2-3-8-13-11(14)9-6-4-5-7-10(9)12/h4-7H,2-3,8H2,1H3,(H,13,14). The molecule has 76 valence electrons. The molecule has 0 saturated heterocycles. The average molecular weight is 195 g/mol. The molecular formula is C11H14FNO. The van der Waals surface area contributed by atoms with Gasteiger partial charge in [0.15, 0.2) is 0 Å². The molecule has 0 bridgehead atoms. The molecule has 1 amide bonds. The number of halogens is 1. The average Bonchev–Trinajstić information content (AvgIpc) is 2.18. The van der Waals surface area contributed by atoms with Crippen LogP contribution in [0, 0.1) is 5.82 Å². The largest absolute Gasteiger partial charge is 0.352 e. The number of nitrogens with one attached hydrogen (secondary N) is 1. The van der Waals surface area contributed by atoms with Crippen molar-refractivity contribution in [2.75, 3.05) is 6.54 Å². The van der Waals surface area contributed by atoms with Crippen LogP contribution in [-0.4, -0.2) is 12.5 Å². The number of amides is 1. The van der Waals surface area contributed by atoms with Crippen LogP contribution in [0.5, 0.6) is 0 Å². The molecule has 1 rings (SSSR count). The summed E-state index contributed by atoms with van der Waals surface area (Å²) in [6.45, 7) is 2.64. The summed E-state index contributed by atoms with van der Waals surface area (Å²) in [6, 6.07) is 5.99. The number of carbonyl (C=O) groups is 1. The van der Waals surface area contributed by atoms with E-state index < -0.39 is 5.82 Å². The van der Waals surface area contributed by atoms with Gasteiger partial charge in [0, 0.05) is 6.54 Å².